The highest BCUT2D eigenvalue weighted by atomic mass is 16.6. The summed E-state index contributed by atoms with van der Waals surface area (Å²) in [7, 11) is 0. The molecule has 11 heavy (non-hydrogen) atoms. The normalized spacial score (nSPS) is 9.45. The highest BCUT2D eigenvalue weighted by Gasteiger charge is 2.30. The quantitative estimate of drug-likeness (QED) is 0.223. The molecule has 0 amide bonds. The Balaban J connectivity index is 3.32. The summed E-state index contributed by atoms with van der Waals surface area (Å²) in [5.41, 5.74) is 0. The third kappa shape index (κ3) is 1.16. The first-order chi connectivity index (χ1) is 5.13. The van der Waals surface area contributed by atoms with Gasteiger partial charge in [0.15, 0.2) is 4.92 Å². The number of hydrogen-bond donors (Lipinski definition) is 0. The van der Waals surface area contributed by atoms with Crippen LogP contribution in [0, 0.1) is 20.5 Å². The van der Waals surface area contributed by atoms with E-state index in [0.29, 0.717) is 0 Å². The van der Waals surface area contributed by atoms with Gasteiger partial charge in [0, 0.05) is 0 Å². The molecule has 0 spiro atoms. The van der Waals surface area contributed by atoms with E-state index in [2.05, 4.69) is 0 Å². The molecule has 0 saturated carbocycles. The summed E-state index contributed by atoms with van der Waals surface area (Å²) in [4.78, 5) is 8.96. The molecule has 0 N–H and O–H groups in total. The lowest BCUT2D eigenvalue weighted by Crippen LogP contribution is -2.44. The number of hydrogen-bond acceptors (Lipinski definition) is 4. The van der Waals surface area contributed by atoms with Gasteiger partial charge >= 0.3 is 5.95 Å². The number of rotatable bonds is 1. The molecule has 0 aliphatic rings. The van der Waals surface area contributed by atoms with Gasteiger partial charge < -0.3 is 10.4 Å². The molecule has 0 aliphatic carbocycles. The van der Waals surface area contributed by atoms with Crippen LogP contribution in [0.25, 0.3) is 0 Å². The highest BCUT2D eigenvalue weighted by molar-refractivity contribution is 4.82. The van der Waals surface area contributed by atoms with Gasteiger partial charge in [-0.05, 0) is 9.46 Å². The Morgan fingerprint density at radius 3 is 2.00 bits per heavy atom. The van der Waals surface area contributed by atoms with Gasteiger partial charge in [0.05, 0.1) is 6.07 Å². The van der Waals surface area contributed by atoms with E-state index in [4.69, 9.17) is 0 Å². The van der Waals surface area contributed by atoms with Crippen molar-refractivity contribution in [3.8, 4) is 0 Å². The molecular weight excluding hydrogens is 154 g/mol. The zero-order valence-electron chi connectivity index (χ0n) is 5.21. The lowest BCUT2D eigenvalue weighted by molar-refractivity contribution is -0.800. The summed E-state index contributed by atoms with van der Waals surface area (Å²) in [5, 5.41) is 31.1. The standard InChI is InChI=1S/C4H3N3O4/c8-5-2-1-3-6(9)4(5)7(10)11/h1-3H. The van der Waals surface area contributed by atoms with E-state index < -0.39 is 10.9 Å². The first-order valence-corrected chi connectivity index (χ1v) is 2.58. The van der Waals surface area contributed by atoms with Crippen molar-refractivity contribution in [1.82, 2.24) is 0 Å². The fraction of sp³-hybridized carbons (Fsp3) is 0. The van der Waals surface area contributed by atoms with E-state index in [1.54, 1.807) is 0 Å². The van der Waals surface area contributed by atoms with Crippen LogP contribution in [-0.4, -0.2) is 4.92 Å². The van der Waals surface area contributed by atoms with Crippen molar-refractivity contribution >= 4 is 5.95 Å². The Hall–Kier alpha value is -1.92. The molecule has 0 radical (unpaired) electrons. The van der Waals surface area contributed by atoms with Crippen LogP contribution >= 0.6 is 0 Å². The molecule has 1 aromatic rings. The maximum atomic E-state index is 10.5. The summed E-state index contributed by atoms with van der Waals surface area (Å²) >= 11 is 0. The van der Waals surface area contributed by atoms with Gasteiger partial charge in [-0.25, -0.2) is 10.1 Å². The zero-order chi connectivity index (χ0) is 8.43. The first-order valence-electron chi connectivity index (χ1n) is 2.58. The van der Waals surface area contributed by atoms with Crippen LogP contribution in [-0.2, 0) is 0 Å². The Labute approximate surface area is 60.4 Å². The second-order valence-electron chi connectivity index (χ2n) is 1.70. The average molecular weight is 157 g/mol. The van der Waals surface area contributed by atoms with E-state index in [0.717, 1.165) is 18.5 Å². The van der Waals surface area contributed by atoms with E-state index in [1.165, 1.54) is 0 Å². The minimum atomic E-state index is -1.05. The van der Waals surface area contributed by atoms with Gasteiger partial charge in [-0.2, -0.15) is 0 Å². The minimum Gasteiger partial charge on any atom is -0.609 e. The fourth-order valence-corrected chi connectivity index (χ4v) is 0.586. The van der Waals surface area contributed by atoms with Gasteiger partial charge in [-0.15, -0.1) is 0 Å². The van der Waals surface area contributed by atoms with Crippen LogP contribution in [0.4, 0.5) is 5.95 Å². The molecule has 0 saturated heterocycles. The van der Waals surface area contributed by atoms with E-state index >= 15 is 0 Å². The van der Waals surface area contributed by atoms with E-state index in [1.807, 2.05) is 0 Å². The predicted molar refractivity (Wildman–Crippen MR) is 31.0 cm³/mol. The molecular formula is C4H3N3O4. The SMILES string of the molecule is O=[N+]([O-])c1[n+]([O-])ccc[n+]1[O-]. The molecule has 0 fully saturated rings. The molecule has 1 aromatic heterocycles. The Kier molecular flexibility index (Phi) is 1.55. The summed E-state index contributed by atoms with van der Waals surface area (Å²) in [5.74, 6) is -1.05. The molecule has 0 bridgehead atoms. The second kappa shape index (κ2) is 2.37. The van der Waals surface area contributed by atoms with Crippen molar-refractivity contribution in [2.24, 2.45) is 0 Å². The van der Waals surface area contributed by atoms with Crippen molar-refractivity contribution in [3.63, 3.8) is 0 Å². The zero-order valence-corrected chi connectivity index (χ0v) is 5.21. The fourth-order valence-electron chi connectivity index (χ4n) is 0.586. The monoisotopic (exact) mass is 157 g/mol. The molecule has 0 aliphatic heterocycles. The summed E-state index contributed by atoms with van der Waals surface area (Å²) < 4.78 is -0.208. The van der Waals surface area contributed by atoms with Crippen molar-refractivity contribution in [3.05, 3.63) is 39.0 Å². The van der Waals surface area contributed by atoms with E-state index in [9.17, 15) is 20.5 Å². The molecule has 58 valence electrons. The maximum Gasteiger partial charge on any atom is 0.775 e. The van der Waals surface area contributed by atoms with Gasteiger partial charge in [-0.3, -0.25) is 0 Å². The van der Waals surface area contributed by atoms with Crippen LogP contribution in [0.2, 0.25) is 0 Å². The minimum absolute atomic E-state index is 0.104. The number of nitro groups is 1. The topological polar surface area (TPSA) is 97.0 Å². The Morgan fingerprint density at radius 1 is 1.27 bits per heavy atom. The molecule has 0 aromatic carbocycles. The Bertz CT molecular complexity index is 279. The van der Waals surface area contributed by atoms with Crippen molar-refractivity contribution in [2.45, 2.75) is 0 Å². The highest BCUT2D eigenvalue weighted by Crippen LogP contribution is 1.91. The van der Waals surface area contributed by atoms with Crippen molar-refractivity contribution < 1.29 is 14.4 Å². The third-order valence-electron chi connectivity index (χ3n) is 1.00. The summed E-state index contributed by atoms with van der Waals surface area (Å²) in [6, 6.07) is 1.12. The molecule has 1 rings (SSSR count). The first kappa shape index (κ1) is 7.19. The van der Waals surface area contributed by atoms with Crippen LogP contribution in [0.5, 0.6) is 0 Å². The van der Waals surface area contributed by atoms with Gasteiger partial charge in [0.1, 0.15) is 0 Å². The van der Waals surface area contributed by atoms with Crippen molar-refractivity contribution in [2.75, 3.05) is 0 Å². The Morgan fingerprint density at radius 2 is 1.73 bits per heavy atom. The smallest absolute Gasteiger partial charge is 0.609 e. The molecule has 7 heteroatoms. The van der Waals surface area contributed by atoms with E-state index in [-0.39, 0.29) is 9.46 Å². The van der Waals surface area contributed by atoms with Crippen LogP contribution in [0.1, 0.15) is 0 Å². The molecule has 0 unspecified atom stereocenters. The molecule has 1 heterocycles. The lowest BCUT2D eigenvalue weighted by Gasteiger charge is -1.94. The van der Waals surface area contributed by atoms with Gasteiger partial charge in [-0.1, -0.05) is 0 Å². The van der Waals surface area contributed by atoms with Crippen LogP contribution in [0.3, 0.4) is 0 Å². The van der Waals surface area contributed by atoms with Crippen LogP contribution < -0.4 is 9.46 Å². The van der Waals surface area contributed by atoms with Gasteiger partial charge in [0.25, 0.3) is 0 Å². The predicted octanol–water partition coefficient (Wildman–Crippen LogP) is -1.14. The van der Waals surface area contributed by atoms with Crippen LogP contribution in [0.15, 0.2) is 18.5 Å². The average Bonchev–Trinajstić information content (AvgIpc) is 1.85. The largest absolute Gasteiger partial charge is 0.775 e. The maximum absolute atomic E-state index is 10.5. The second-order valence-corrected chi connectivity index (χ2v) is 1.70. The van der Waals surface area contributed by atoms with Crippen molar-refractivity contribution in [1.29, 1.82) is 0 Å². The molecule has 0 atom stereocenters. The number of nitrogens with zero attached hydrogens (tertiary/aromatic N) is 3. The molecule has 7 nitrogen and oxygen atoms in total. The third-order valence-corrected chi connectivity index (χ3v) is 1.00. The lowest BCUT2D eigenvalue weighted by atomic mass is 10.7. The summed E-state index contributed by atoms with van der Waals surface area (Å²) in [6.07, 6.45) is 1.76. The summed E-state index contributed by atoms with van der Waals surface area (Å²) in [6.45, 7) is 0. The van der Waals surface area contributed by atoms with Gasteiger partial charge in [0.2, 0.25) is 12.4 Å². The number of aromatic nitrogens is 2.